The largest absolute Gasteiger partial charge is 0.381 e. The van der Waals surface area contributed by atoms with Crippen molar-refractivity contribution in [3.8, 4) is 0 Å². The fourth-order valence-electron chi connectivity index (χ4n) is 2.21. The molecule has 0 N–H and O–H groups in total. The van der Waals surface area contributed by atoms with Crippen LogP contribution in [0.15, 0.2) is 6.20 Å². The van der Waals surface area contributed by atoms with Crippen LogP contribution in [0.1, 0.15) is 23.3 Å². The van der Waals surface area contributed by atoms with Crippen molar-refractivity contribution in [1.82, 2.24) is 14.7 Å². The molecule has 1 fully saturated rings. The number of aromatic nitrogens is 2. The van der Waals surface area contributed by atoms with Gasteiger partial charge in [0.15, 0.2) is 5.78 Å². The zero-order chi connectivity index (χ0) is 13.8. The number of carbonyl (C=O) groups is 1. The number of ether oxygens (including phenoxy) is 1. The molecule has 1 aromatic rings. The minimum Gasteiger partial charge on any atom is -0.381 e. The third-order valence-electron chi connectivity index (χ3n) is 3.32. The zero-order valence-electron chi connectivity index (χ0n) is 11.4. The number of halogens is 1. The molecule has 0 spiro atoms. The van der Waals surface area contributed by atoms with Gasteiger partial charge in [0.05, 0.1) is 24.4 Å². The van der Waals surface area contributed by atoms with Crippen LogP contribution in [-0.4, -0.2) is 54.3 Å². The van der Waals surface area contributed by atoms with Crippen LogP contribution in [0.5, 0.6) is 0 Å². The maximum Gasteiger partial charge on any atom is 0.187 e. The van der Waals surface area contributed by atoms with Crippen molar-refractivity contribution in [1.29, 1.82) is 0 Å². The Morgan fingerprint density at radius 1 is 1.63 bits per heavy atom. The molecule has 1 unspecified atom stereocenters. The van der Waals surface area contributed by atoms with E-state index in [-0.39, 0.29) is 11.7 Å². The highest BCUT2D eigenvalue weighted by Gasteiger charge is 2.27. The van der Waals surface area contributed by atoms with Crippen LogP contribution in [0.3, 0.4) is 0 Å². The molecule has 0 amide bonds. The average molecular weight is 286 g/mol. The second-order valence-corrected chi connectivity index (χ2v) is 5.55. The number of Topliss-reactive ketones (excluding diaryl/α,β-unsaturated/α-hetero) is 1. The van der Waals surface area contributed by atoms with E-state index in [1.807, 2.05) is 19.0 Å². The van der Waals surface area contributed by atoms with Gasteiger partial charge >= 0.3 is 0 Å². The van der Waals surface area contributed by atoms with E-state index in [1.165, 1.54) is 0 Å². The molecule has 0 aromatic carbocycles. The van der Waals surface area contributed by atoms with E-state index in [2.05, 4.69) is 5.10 Å². The monoisotopic (exact) mass is 285 g/mol. The summed E-state index contributed by atoms with van der Waals surface area (Å²) < 4.78 is 7.09. The number of carbonyl (C=O) groups excluding carboxylic acids is 1. The van der Waals surface area contributed by atoms with Crippen molar-refractivity contribution < 1.29 is 9.53 Å². The van der Waals surface area contributed by atoms with E-state index in [4.69, 9.17) is 16.3 Å². The highest BCUT2D eigenvalue weighted by Crippen LogP contribution is 2.23. The Hall–Kier alpha value is -0.910. The molecule has 1 aromatic heterocycles. The van der Waals surface area contributed by atoms with Gasteiger partial charge in [-0.3, -0.25) is 9.48 Å². The summed E-state index contributed by atoms with van der Waals surface area (Å²) in [5.41, 5.74) is 0.527. The standard InChI is InChI=1S/C13H20ClN3O2/c1-16(2)5-6-17-12(11(14)8-15-17)13(18)10-4-3-7-19-9-10/h8,10H,3-7,9H2,1-2H3. The molecule has 1 aliphatic rings. The Labute approximate surface area is 118 Å². The van der Waals surface area contributed by atoms with Gasteiger partial charge in [0.1, 0.15) is 5.69 Å². The van der Waals surface area contributed by atoms with Gasteiger partial charge in [0, 0.05) is 19.1 Å². The van der Waals surface area contributed by atoms with Gasteiger partial charge < -0.3 is 9.64 Å². The van der Waals surface area contributed by atoms with Crippen LogP contribution < -0.4 is 0 Å². The first kappa shape index (κ1) is 14.5. The van der Waals surface area contributed by atoms with Crippen molar-refractivity contribution in [3.63, 3.8) is 0 Å². The van der Waals surface area contributed by atoms with Gasteiger partial charge in [-0.05, 0) is 26.9 Å². The van der Waals surface area contributed by atoms with Crippen LogP contribution in [0.4, 0.5) is 0 Å². The Morgan fingerprint density at radius 3 is 3.05 bits per heavy atom. The van der Waals surface area contributed by atoms with Crippen LogP contribution in [0.25, 0.3) is 0 Å². The molecule has 1 aliphatic heterocycles. The first-order chi connectivity index (χ1) is 9.09. The van der Waals surface area contributed by atoms with Crippen LogP contribution in [0, 0.1) is 5.92 Å². The number of rotatable bonds is 5. The molecule has 2 heterocycles. The molecule has 0 radical (unpaired) electrons. The second-order valence-electron chi connectivity index (χ2n) is 5.15. The summed E-state index contributed by atoms with van der Waals surface area (Å²) in [4.78, 5) is 14.6. The Balaban J connectivity index is 2.13. The molecule has 0 aliphatic carbocycles. The van der Waals surface area contributed by atoms with Crippen LogP contribution in [0.2, 0.25) is 5.02 Å². The van der Waals surface area contributed by atoms with Crippen molar-refractivity contribution in [2.45, 2.75) is 19.4 Å². The number of ketones is 1. The van der Waals surface area contributed by atoms with Gasteiger partial charge in [-0.1, -0.05) is 11.6 Å². The molecule has 0 saturated carbocycles. The summed E-state index contributed by atoms with van der Waals surface area (Å²) in [7, 11) is 3.98. The van der Waals surface area contributed by atoms with E-state index < -0.39 is 0 Å². The van der Waals surface area contributed by atoms with Crippen molar-refractivity contribution >= 4 is 17.4 Å². The Kier molecular flexibility index (Phi) is 4.96. The number of hydrogen-bond donors (Lipinski definition) is 0. The summed E-state index contributed by atoms with van der Waals surface area (Å²) in [6.45, 7) is 2.72. The maximum atomic E-state index is 12.5. The molecule has 1 saturated heterocycles. The third-order valence-corrected chi connectivity index (χ3v) is 3.59. The first-order valence-corrected chi connectivity index (χ1v) is 6.95. The van der Waals surface area contributed by atoms with Crippen molar-refractivity contribution in [3.05, 3.63) is 16.9 Å². The zero-order valence-corrected chi connectivity index (χ0v) is 12.2. The molecule has 19 heavy (non-hydrogen) atoms. The molecule has 106 valence electrons. The maximum absolute atomic E-state index is 12.5. The molecule has 6 heteroatoms. The lowest BCUT2D eigenvalue weighted by Crippen LogP contribution is -2.28. The predicted molar refractivity (Wildman–Crippen MR) is 73.7 cm³/mol. The predicted octanol–water partition coefficient (Wildman–Crippen LogP) is 1.71. The van der Waals surface area contributed by atoms with Gasteiger partial charge in [0.2, 0.25) is 0 Å². The SMILES string of the molecule is CN(C)CCn1ncc(Cl)c1C(=O)C1CCCOC1. The van der Waals surface area contributed by atoms with Gasteiger partial charge in [-0.25, -0.2) is 0 Å². The first-order valence-electron chi connectivity index (χ1n) is 6.57. The van der Waals surface area contributed by atoms with Crippen molar-refractivity contribution in [2.24, 2.45) is 5.92 Å². The lowest BCUT2D eigenvalue weighted by molar-refractivity contribution is 0.0454. The van der Waals surface area contributed by atoms with E-state index in [9.17, 15) is 4.79 Å². The molecular formula is C13H20ClN3O2. The van der Waals surface area contributed by atoms with E-state index >= 15 is 0 Å². The molecule has 2 rings (SSSR count). The average Bonchev–Trinajstić information content (AvgIpc) is 2.78. The summed E-state index contributed by atoms with van der Waals surface area (Å²) in [5, 5.41) is 4.64. The minimum absolute atomic E-state index is 0.0564. The topological polar surface area (TPSA) is 47.4 Å². The van der Waals surface area contributed by atoms with Gasteiger partial charge in [0.25, 0.3) is 0 Å². The van der Waals surface area contributed by atoms with Gasteiger partial charge in [-0.15, -0.1) is 0 Å². The fraction of sp³-hybridized carbons (Fsp3) is 0.692. The van der Waals surface area contributed by atoms with Crippen LogP contribution in [-0.2, 0) is 11.3 Å². The Morgan fingerprint density at radius 2 is 2.42 bits per heavy atom. The van der Waals surface area contributed by atoms with Crippen molar-refractivity contribution in [2.75, 3.05) is 33.9 Å². The summed E-state index contributed by atoms with van der Waals surface area (Å²) in [5.74, 6) is -0.0259. The molecular weight excluding hydrogens is 266 g/mol. The number of nitrogens with zero attached hydrogens (tertiary/aromatic N) is 3. The summed E-state index contributed by atoms with van der Waals surface area (Å²) >= 11 is 6.12. The van der Waals surface area contributed by atoms with Gasteiger partial charge in [-0.2, -0.15) is 5.10 Å². The highest BCUT2D eigenvalue weighted by molar-refractivity contribution is 6.33. The summed E-state index contributed by atoms with van der Waals surface area (Å²) in [6, 6.07) is 0. The normalized spacial score (nSPS) is 19.9. The third kappa shape index (κ3) is 3.55. The minimum atomic E-state index is -0.0824. The quantitative estimate of drug-likeness (QED) is 0.773. The van der Waals surface area contributed by atoms with Crippen LogP contribution >= 0.6 is 11.6 Å². The van der Waals surface area contributed by atoms with E-state index in [0.717, 1.165) is 26.0 Å². The molecule has 0 bridgehead atoms. The number of hydrogen-bond acceptors (Lipinski definition) is 4. The lowest BCUT2D eigenvalue weighted by Gasteiger charge is -2.21. The lowest BCUT2D eigenvalue weighted by atomic mass is 9.95. The smallest absolute Gasteiger partial charge is 0.187 e. The molecule has 1 atom stereocenters. The number of likely N-dealkylation sites (N-methyl/N-ethyl adjacent to an activating group) is 1. The summed E-state index contributed by atoms with van der Waals surface area (Å²) in [6.07, 6.45) is 3.35. The second kappa shape index (κ2) is 6.50. The van der Waals surface area contributed by atoms with E-state index in [1.54, 1.807) is 10.9 Å². The fourth-order valence-corrected chi connectivity index (χ4v) is 2.45. The molecule has 5 nitrogen and oxygen atoms in total. The van der Waals surface area contributed by atoms with E-state index in [0.29, 0.717) is 23.9 Å². The Bertz CT molecular complexity index is 439. The highest BCUT2D eigenvalue weighted by atomic mass is 35.5.